The highest BCUT2D eigenvalue weighted by Crippen LogP contribution is 2.44. The van der Waals surface area contributed by atoms with Gasteiger partial charge in [-0.3, -0.25) is 14.9 Å². The molecular weight excluding hydrogens is 468 g/mol. The fourth-order valence-electron chi connectivity index (χ4n) is 4.47. The van der Waals surface area contributed by atoms with Gasteiger partial charge in [-0.1, -0.05) is 6.08 Å². The van der Waals surface area contributed by atoms with E-state index in [1.54, 1.807) is 16.8 Å². The molecule has 182 valence electrons. The highest BCUT2D eigenvalue weighted by atomic mass is 32.2. The van der Waals surface area contributed by atoms with Crippen LogP contribution in [0.4, 0.5) is 10.6 Å². The fourth-order valence-corrected chi connectivity index (χ4v) is 5.58. The first-order valence-electron chi connectivity index (χ1n) is 11.9. The molecule has 4 aliphatic rings. The van der Waals surface area contributed by atoms with E-state index >= 15 is 0 Å². The van der Waals surface area contributed by atoms with Gasteiger partial charge in [-0.05, 0) is 44.7 Å². The van der Waals surface area contributed by atoms with E-state index in [9.17, 15) is 14.4 Å². The molecule has 2 aromatic heterocycles. The van der Waals surface area contributed by atoms with Crippen molar-refractivity contribution in [2.75, 3.05) is 18.4 Å². The lowest BCUT2D eigenvalue weighted by atomic mass is 10.2. The summed E-state index contributed by atoms with van der Waals surface area (Å²) in [6, 6.07) is 2.20. The standard InChI is InChI=1S/C23H26N8O3S/c32-21-16(29-23(34)30-21)8-12-10-26-31-19(27-13-3-4-13)9-15(28-20(12)31)17-5-6-18(35-17)22(33)25-11-14-2-1-7-24-14/h6,8-10,13-14,17,24,27H,1-5,7,11H2,(H,25,33)(H2,29,30,32,34)/b16-8-. The smallest absolute Gasteiger partial charge is 0.326 e. The number of nitrogens with zero attached hydrogens (tertiary/aromatic N) is 3. The zero-order chi connectivity index (χ0) is 23.9. The minimum absolute atomic E-state index is 0.00464. The number of imide groups is 1. The maximum atomic E-state index is 12.7. The number of rotatable bonds is 7. The number of fused-ring (bicyclic) bond motifs is 1. The Labute approximate surface area is 205 Å². The van der Waals surface area contributed by atoms with Crippen molar-refractivity contribution in [1.82, 2.24) is 35.9 Å². The molecule has 2 aromatic rings. The van der Waals surface area contributed by atoms with Crippen LogP contribution in [0, 0.1) is 0 Å². The number of allylic oxidation sites excluding steroid dienone is 1. The van der Waals surface area contributed by atoms with Crippen molar-refractivity contribution in [1.29, 1.82) is 0 Å². The summed E-state index contributed by atoms with van der Waals surface area (Å²) in [5.74, 6) is 0.296. The summed E-state index contributed by atoms with van der Waals surface area (Å²) >= 11 is 1.52. The summed E-state index contributed by atoms with van der Waals surface area (Å²) in [4.78, 5) is 41.8. The molecule has 1 saturated carbocycles. The molecule has 0 aromatic carbocycles. The molecule has 2 saturated heterocycles. The summed E-state index contributed by atoms with van der Waals surface area (Å²) in [5, 5.41) is 19.1. The van der Waals surface area contributed by atoms with E-state index in [4.69, 9.17) is 4.98 Å². The third-order valence-electron chi connectivity index (χ3n) is 6.48. The Morgan fingerprint density at radius 3 is 2.89 bits per heavy atom. The van der Waals surface area contributed by atoms with E-state index in [0.29, 0.717) is 41.2 Å². The predicted molar refractivity (Wildman–Crippen MR) is 131 cm³/mol. The molecule has 0 spiro atoms. The molecule has 0 bridgehead atoms. The first-order chi connectivity index (χ1) is 17.0. The summed E-state index contributed by atoms with van der Waals surface area (Å²) < 4.78 is 1.72. The van der Waals surface area contributed by atoms with E-state index in [1.807, 2.05) is 12.1 Å². The quantitative estimate of drug-likeness (QED) is 0.287. The zero-order valence-corrected chi connectivity index (χ0v) is 19.8. The van der Waals surface area contributed by atoms with Gasteiger partial charge in [0.15, 0.2) is 5.65 Å². The Morgan fingerprint density at radius 2 is 2.14 bits per heavy atom. The highest BCUT2D eigenvalue weighted by molar-refractivity contribution is 8.04. The molecule has 2 unspecified atom stereocenters. The van der Waals surface area contributed by atoms with Crippen molar-refractivity contribution in [2.24, 2.45) is 0 Å². The lowest BCUT2D eigenvalue weighted by molar-refractivity contribution is -0.117. The van der Waals surface area contributed by atoms with Gasteiger partial charge in [-0.25, -0.2) is 9.78 Å². The molecule has 4 amide bonds. The van der Waals surface area contributed by atoms with Crippen molar-refractivity contribution >= 4 is 47.1 Å². The molecule has 5 heterocycles. The van der Waals surface area contributed by atoms with Crippen LogP contribution in [0.3, 0.4) is 0 Å². The van der Waals surface area contributed by atoms with Gasteiger partial charge < -0.3 is 21.3 Å². The van der Waals surface area contributed by atoms with Crippen LogP contribution in [0.25, 0.3) is 11.7 Å². The molecule has 5 N–H and O–H groups in total. The summed E-state index contributed by atoms with van der Waals surface area (Å²) in [6.07, 6.45) is 10.3. The average molecular weight is 495 g/mol. The molecule has 11 nitrogen and oxygen atoms in total. The van der Waals surface area contributed by atoms with Crippen molar-refractivity contribution in [2.45, 2.75) is 49.4 Å². The maximum absolute atomic E-state index is 12.7. The highest BCUT2D eigenvalue weighted by Gasteiger charge is 2.29. The molecule has 3 fully saturated rings. The number of urea groups is 1. The molecule has 35 heavy (non-hydrogen) atoms. The predicted octanol–water partition coefficient (Wildman–Crippen LogP) is 1.41. The minimum atomic E-state index is -0.551. The first kappa shape index (κ1) is 22.1. The maximum Gasteiger partial charge on any atom is 0.326 e. The Bertz CT molecular complexity index is 1280. The number of hydrogen-bond acceptors (Lipinski definition) is 8. The van der Waals surface area contributed by atoms with E-state index in [1.165, 1.54) is 11.8 Å². The van der Waals surface area contributed by atoms with Crippen LogP contribution in [-0.2, 0) is 9.59 Å². The zero-order valence-electron chi connectivity index (χ0n) is 19.0. The Kier molecular flexibility index (Phi) is 5.69. The van der Waals surface area contributed by atoms with Crippen molar-refractivity contribution in [3.05, 3.63) is 40.2 Å². The van der Waals surface area contributed by atoms with Crippen LogP contribution < -0.4 is 26.6 Å². The SMILES string of the molecule is O=C1NC(=O)/C(=C/c2cnn3c(NC4CC4)cc(C4CC=C(C(=O)NCC5CCCN5)S4)nc23)N1. The third-order valence-corrected chi connectivity index (χ3v) is 7.80. The second kappa shape index (κ2) is 9.00. The Hall–Kier alpha value is -3.38. The molecule has 2 atom stereocenters. The Balaban J connectivity index is 1.24. The third kappa shape index (κ3) is 4.63. The van der Waals surface area contributed by atoms with Crippen molar-refractivity contribution in [3.63, 3.8) is 0 Å². The number of thioether (sulfide) groups is 1. The number of hydrogen-bond donors (Lipinski definition) is 5. The number of anilines is 1. The summed E-state index contributed by atoms with van der Waals surface area (Å²) in [7, 11) is 0. The van der Waals surface area contributed by atoms with Gasteiger partial charge in [0.2, 0.25) is 0 Å². The Morgan fingerprint density at radius 1 is 1.26 bits per heavy atom. The number of carbonyl (C=O) groups excluding carboxylic acids is 3. The molecule has 12 heteroatoms. The van der Waals surface area contributed by atoms with Gasteiger partial charge in [-0.15, -0.1) is 11.8 Å². The van der Waals surface area contributed by atoms with E-state index in [0.717, 1.165) is 43.7 Å². The van der Waals surface area contributed by atoms with Crippen molar-refractivity contribution in [3.8, 4) is 0 Å². The molecular formula is C23H26N8O3S. The number of aromatic nitrogens is 3. The lowest BCUT2D eigenvalue weighted by Crippen LogP contribution is -2.37. The minimum Gasteiger partial charge on any atom is -0.367 e. The van der Waals surface area contributed by atoms with E-state index < -0.39 is 11.9 Å². The van der Waals surface area contributed by atoms with Gasteiger partial charge in [0.05, 0.1) is 22.0 Å². The van der Waals surface area contributed by atoms with Gasteiger partial charge in [-0.2, -0.15) is 9.61 Å². The number of nitrogens with one attached hydrogen (secondary N) is 5. The van der Waals surface area contributed by atoms with Crippen LogP contribution >= 0.6 is 11.8 Å². The molecule has 6 rings (SSSR count). The van der Waals surface area contributed by atoms with E-state index in [-0.39, 0.29) is 16.9 Å². The molecule has 1 aliphatic carbocycles. The second-order valence-electron chi connectivity index (χ2n) is 9.20. The van der Waals surface area contributed by atoms with Crippen LogP contribution in [0.1, 0.15) is 48.6 Å². The average Bonchev–Trinajstić information content (AvgIpc) is 3.28. The number of carbonyl (C=O) groups is 3. The monoisotopic (exact) mass is 494 g/mol. The van der Waals surface area contributed by atoms with Crippen LogP contribution in [0.2, 0.25) is 0 Å². The second-order valence-corrected chi connectivity index (χ2v) is 10.4. The van der Waals surface area contributed by atoms with Gasteiger partial charge >= 0.3 is 6.03 Å². The summed E-state index contributed by atoms with van der Waals surface area (Å²) in [5.41, 5.74) is 2.19. The van der Waals surface area contributed by atoms with Crippen LogP contribution in [0.15, 0.2) is 28.9 Å². The van der Waals surface area contributed by atoms with Crippen LogP contribution in [-0.4, -0.2) is 57.6 Å². The van der Waals surface area contributed by atoms with Gasteiger partial charge in [0, 0.05) is 30.3 Å². The first-order valence-corrected chi connectivity index (χ1v) is 12.8. The largest absolute Gasteiger partial charge is 0.367 e. The van der Waals surface area contributed by atoms with Crippen molar-refractivity contribution < 1.29 is 14.4 Å². The van der Waals surface area contributed by atoms with Gasteiger partial charge in [0.1, 0.15) is 11.5 Å². The van der Waals surface area contributed by atoms with E-state index in [2.05, 4.69) is 31.7 Å². The fraction of sp³-hybridized carbons (Fsp3) is 0.435. The van der Waals surface area contributed by atoms with Gasteiger partial charge in [0.25, 0.3) is 11.8 Å². The number of amides is 4. The lowest BCUT2D eigenvalue weighted by Gasteiger charge is -2.15. The summed E-state index contributed by atoms with van der Waals surface area (Å²) in [6.45, 7) is 1.65. The topological polar surface area (TPSA) is 142 Å². The molecule has 0 radical (unpaired) electrons. The normalized spacial score (nSPS) is 25.1. The molecule has 3 aliphatic heterocycles. The van der Waals surface area contributed by atoms with Crippen LogP contribution in [0.5, 0.6) is 0 Å².